The summed E-state index contributed by atoms with van der Waals surface area (Å²) < 4.78 is 11.9. The lowest BCUT2D eigenvalue weighted by Gasteiger charge is -2.24. The Labute approximate surface area is 161 Å². The lowest BCUT2D eigenvalue weighted by Crippen LogP contribution is -2.32. The summed E-state index contributed by atoms with van der Waals surface area (Å²) in [6.45, 7) is 5.32. The van der Waals surface area contributed by atoms with Crippen molar-refractivity contribution >= 4 is 33.5 Å². The van der Waals surface area contributed by atoms with Crippen molar-refractivity contribution in [3.63, 3.8) is 0 Å². The molecular weight excluding hydrogens is 368 g/mol. The van der Waals surface area contributed by atoms with Crippen molar-refractivity contribution in [3.8, 4) is 0 Å². The van der Waals surface area contributed by atoms with Crippen LogP contribution < -0.4 is 5.56 Å². The average Bonchev–Trinajstić information content (AvgIpc) is 3.00. The van der Waals surface area contributed by atoms with E-state index < -0.39 is 18.0 Å². The van der Waals surface area contributed by atoms with Crippen LogP contribution in [0.15, 0.2) is 11.1 Å². The van der Waals surface area contributed by atoms with Crippen LogP contribution in [-0.4, -0.2) is 34.2 Å². The summed E-state index contributed by atoms with van der Waals surface area (Å²) in [5.74, 6) is -0.891. The summed E-state index contributed by atoms with van der Waals surface area (Å²) in [5, 5.41) is 0.350. The Bertz CT molecular complexity index is 911. The Kier molecular flexibility index (Phi) is 5.94. The van der Waals surface area contributed by atoms with Crippen LogP contribution in [0.25, 0.3) is 10.2 Å². The molecule has 2 aromatic heterocycles. The highest BCUT2D eigenvalue weighted by atomic mass is 32.1. The van der Waals surface area contributed by atoms with Gasteiger partial charge in [0.05, 0.1) is 18.3 Å². The van der Waals surface area contributed by atoms with Crippen LogP contribution in [0.3, 0.4) is 0 Å². The fraction of sp³-hybridized carbons (Fsp3) is 0.579. The molecule has 0 N–H and O–H groups in total. The standard InChI is InChI=1S/C19H24N2O5S/c1-4-25-19(24)15-11(2)14-16(27-15)20-10-21(17(14)22)12(3)18(23)26-13-8-6-5-7-9-13/h10,12-13H,4-9H2,1-3H3. The normalized spacial score (nSPS) is 16.3. The third-order valence-corrected chi connectivity index (χ3v) is 6.11. The number of hydrogen-bond donors (Lipinski definition) is 0. The Balaban J connectivity index is 1.89. The lowest BCUT2D eigenvalue weighted by atomic mass is 9.98. The largest absolute Gasteiger partial charge is 0.462 e. The zero-order chi connectivity index (χ0) is 19.6. The van der Waals surface area contributed by atoms with Gasteiger partial charge < -0.3 is 9.47 Å². The van der Waals surface area contributed by atoms with Gasteiger partial charge in [0, 0.05) is 0 Å². The van der Waals surface area contributed by atoms with Crippen molar-refractivity contribution in [2.45, 2.75) is 65.0 Å². The molecule has 1 atom stereocenters. The third-order valence-electron chi connectivity index (χ3n) is 4.93. The van der Waals surface area contributed by atoms with Crippen molar-refractivity contribution < 1.29 is 19.1 Å². The van der Waals surface area contributed by atoms with E-state index in [1.165, 1.54) is 17.3 Å². The van der Waals surface area contributed by atoms with Gasteiger partial charge in [0.15, 0.2) is 0 Å². The van der Waals surface area contributed by atoms with Crippen LogP contribution in [-0.2, 0) is 14.3 Å². The number of rotatable bonds is 5. The highest BCUT2D eigenvalue weighted by Crippen LogP contribution is 2.28. The number of nitrogens with zero attached hydrogens (tertiary/aromatic N) is 2. The number of thiophene rings is 1. The Morgan fingerprint density at radius 2 is 2.04 bits per heavy atom. The summed E-state index contributed by atoms with van der Waals surface area (Å²) in [6, 6.07) is -0.776. The lowest BCUT2D eigenvalue weighted by molar-refractivity contribution is -0.154. The van der Waals surface area contributed by atoms with E-state index >= 15 is 0 Å². The SMILES string of the molecule is CCOC(=O)c1sc2ncn(C(C)C(=O)OC3CCCCC3)c(=O)c2c1C. The second kappa shape index (κ2) is 8.21. The van der Waals surface area contributed by atoms with Gasteiger partial charge in [-0.25, -0.2) is 14.6 Å². The van der Waals surface area contributed by atoms with Gasteiger partial charge in [0.25, 0.3) is 5.56 Å². The molecule has 0 aliphatic heterocycles. The molecule has 2 heterocycles. The number of ether oxygens (including phenoxy) is 2. The Morgan fingerprint density at radius 1 is 1.33 bits per heavy atom. The number of aromatic nitrogens is 2. The highest BCUT2D eigenvalue weighted by Gasteiger charge is 2.26. The maximum absolute atomic E-state index is 13.0. The van der Waals surface area contributed by atoms with Gasteiger partial charge >= 0.3 is 11.9 Å². The van der Waals surface area contributed by atoms with E-state index in [1.54, 1.807) is 20.8 Å². The molecule has 0 radical (unpaired) electrons. The first-order valence-electron chi connectivity index (χ1n) is 9.31. The number of esters is 2. The second-order valence-electron chi connectivity index (χ2n) is 6.79. The summed E-state index contributed by atoms with van der Waals surface area (Å²) >= 11 is 1.13. The molecule has 146 valence electrons. The summed E-state index contributed by atoms with van der Waals surface area (Å²) in [6.07, 6.45) is 6.31. The molecule has 0 bridgehead atoms. The zero-order valence-corrected chi connectivity index (χ0v) is 16.6. The van der Waals surface area contributed by atoms with Gasteiger partial charge in [0.2, 0.25) is 0 Å². The monoisotopic (exact) mass is 392 g/mol. The molecule has 8 heteroatoms. The van der Waals surface area contributed by atoms with Crippen LogP contribution in [0.5, 0.6) is 0 Å². The molecule has 0 spiro atoms. The number of carbonyl (C=O) groups excluding carboxylic acids is 2. The van der Waals surface area contributed by atoms with Crippen LogP contribution in [0, 0.1) is 6.92 Å². The van der Waals surface area contributed by atoms with Crippen LogP contribution in [0.2, 0.25) is 0 Å². The minimum Gasteiger partial charge on any atom is -0.462 e. The molecule has 3 rings (SSSR count). The molecule has 1 fully saturated rings. The minimum atomic E-state index is -0.776. The maximum Gasteiger partial charge on any atom is 0.348 e. The van der Waals surface area contributed by atoms with Gasteiger partial charge in [0.1, 0.15) is 21.9 Å². The average molecular weight is 392 g/mol. The first-order valence-corrected chi connectivity index (χ1v) is 10.1. The van der Waals surface area contributed by atoms with E-state index in [1.807, 2.05) is 0 Å². The topological polar surface area (TPSA) is 87.5 Å². The van der Waals surface area contributed by atoms with E-state index in [0.717, 1.165) is 37.0 Å². The van der Waals surface area contributed by atoms with E-state index in [4.69, 9.17) is 9.47 Å². The first-order chi connectivity index (χ1) is 12.9. The predicted octanol–water partition coefficient (Wildman–Crippen LogP) is 3.38. The van der Waals surface area contributed by atoms with Crippen molar-refractivity contribution in [2.24, 2.45) is 0 Å². The molecule has 2 aromatic rings. The Morgan fingerprint density at radius 3 is 2.70 bits per heavy atom. The van der Waals surface area contributed by atoms with Gasteiger partial charge in [-0.05, 0) is 52.0 Å². The van der Waals surface area contributed by atoms with Crippen molar-refractivity contribution in [1.29, 1.82) is 0 Å². The zero-order valence-electron chi connectivity index (χ0n) is 15.8. The van der Waals surface area contributed by atoms with Gasteiger partial charge in [-0.3, -0.25) is 9.36 Å². The number of fused-ring (bicyclic) bond motifs is 1. The summed E-state index contributed by atoms with van der Waals surface area (Å²) in [5.41, 5.74) is 0.186. The first kappa shape index (κ1) is 19.5. The number of carbonyl (C=O) groups is 2. The van der Waals surface area contributed by atoms with E-state index in [2.05, 4.69) is 4.98 Å². The van der Waals surface area contributed by atoms with Gasteiger partial charge in [-0.2, -0.15) is 0 Å². The van der Waals surface area contributed by atoms with E-state index in [-0.39, 0.29) is 18.3 Å². The van der Waals surface area contributed by atoms with E-state index in [9.17, 15) is 14.4 Å². The molecule has 0 aromatic carbocycles. The quantitative estimate of drug-likeness (QED) is 0.725. The summed E-state index contributed by atoms with van der Waals surface area (Å²) in [7, 11) is 0. The van der Waals surface area contributed by atoms with Crippen molar-refractivity contribution in [3.05, 3.63) is 27.1 Å². The molecule has 1 aliphatic carbocycles. The number of aryl methyl sites for hydroxylation is 1. The van der Waals surface area contributed by atoms with Crippen LogP contribution in [0.1, 0.15) is 67.2 Å². The highest BCUT2D eigenvalue weighted by molar-refractivity contribution is 7.20. The predicted molar refractivity (Wildman–Crippen MR) is 102 cm³/mol. The fourth-order valence-corrected chi connectivity index (χ4v) is 4.40. The molecule has 0 amide bonds. The van der Waals surface area contributed by atoms with Gasteiger partial charge in [-0.15, -0.1) is 11.3 Å². The van der Waals surface area contributed by atoms with Crippen molar-refractivity contribution in [1.82, 2.24) is 9.55 Å². The molecule has 1 aliphatic rings. The second-order valence-corrected chi connectivity index (χ2v) is 7.79. The molecule has 1 unspecified atom stereocenters. The molecule has 1 saturated carbocycles. The van der Waals surface area contributed by atoms with Crippen molar-refractivity contribution in [2.75, 3.05) is 6.61 Å². The smallest absolute Gasteiger partial charge is 0.348 e. The number of hydrogen-bond acceptors (Lipinski definition) is 7. The molecule has 7 nitrogen and oxygen atoms in total. The molecule has 0 saturated heterocycles. The summed E-state index contributed by atoms with van der Waals surface area (Å²) in [4.78, 5) is 42.6. The van der Waals surface area contributed by atoms with E-state index in [0.29, 0.717) is 20.7 Å². The maximum atomic E-state index is 13.0. The van der Waals surface area contributed by atoms with Crippen LogP contribution >= 0.6 is 11.3 Å². The Hall–Kier alpha value is -2.22. The molecule has 27 heavy (non-hydrogen) atoms. The minimum absolute atomic E-state index is 0.0700. The van der Waals surface area contributed by atoms with Crippen LogP contribution in [0.4, 0.5) is 0 Å². The molecular formula is C19H24N2O5S. The fourth-order valence-electron chi connectivity index (χ4n) is 3.36. The third kappa shape index (κ3) is 3.90. The van der Waals surface area contributed by atoms with Gasteiger partial charge in [-0.1, -0.05) is 6.42 Å².